The molecule has 1 aliphatic carbocycles. The van der Waals surface area contributed by atoms with E-state index in [1.807, 2.05) is 11.7 Å². The predicted octanol–water partition coefficient (Wildman–Crippen LogP) is 2.78. The summed E-state index contributed by atoms with van der Waals surface area (Å²) in [5, 5.41) is 4.31. The Balaban J connectivity index is 2.18. The lowest BCUT2D eigenvalue weighted by Crippen LogP contribution is -2.05. The van der Waals surface area contributed by atoms with Gasteiger partial charge in [-0.15, -0.1) is 0 Å². The first kappa shape index (κ1) is 8.79. The second-order valence-corrected chi connectivity index (χ2v) is 4.14. The number of aromatic nitrogens is 2. The molecule has 0 saturated heterocycles. The molecule has 0 aliphatic heterocycles. The molecule has 1 heterocycles. The second-order valence-electron chi connectivity index (χ2n) is 4.14. The van der Waals surface area contributed by atoms with Crippen molar-refractivity contribution in [2.75, 3.05) is 0 Å². The van der Waals surface area contributed by atoms with E-state index in [1.165, 1.54) is 43.4 Å². The molecule has 0 aromatic carbocycles. The Hall–Kier alpha value is -0.790. The van der Waals surface area contributed by atoms with Gasteiger partial charge >= 0.3 is 0 Å². The van der Waals surface area contributed by atoms with Gasteiger partial charge in [-0.05, 0) is 31.2 Å². The SMILES string of the molecule is Cc1c(C2CCCCC2)cnn1C. The van der Waals surface area contributed by atoms with Crippen molar-refractivity contribution in [1.82, 2.24) is 9.78 Å². The van der Waals surface area contributed by atoms with Crippen molar-refractivity contribution in [3.8, 4) is 0 Å². The summed E-state index contributed by atoms with van der Waals surface area (Å²) in [5.41, 5.74) is 2.84. The average Bonchev–Trinajstić information content (AvgIpc) is 2.49. The van der Waals surface area contributed by atoms with E-state index < -0.39 is 0 Å². The van der Waals surface area contributed by atoms with Crippen molar-refractivity contribution in [2.45, 2.75) is 44.9 Å². The third-order valence-electron chi connectivity index (χ3n) is 3.32. The lowest BCUT2D eigenvalue weighted by atomic mass is 9.84. The highest BCUT2D eigenvalue weighted by molar-refractivity contribution is 5.21. The summed E-state index contributed by atoms with van der Waals surface area (Å²) < 4.78 is 1.99. The molecule has 1 saturated carbocycles. The lowest BCUT2D eigenvalue weighted by molar-refractivity contribution is 0.442. The smallest absolute Gasteiger partial charge is 0.0527 e. The van der Waals surface area contributed by atoms with E-state index in [1.54, 1.807) is 0 Å². The van der Waals surface area contributed by atoms with Gasteiger partial charge in [0.05, 0.1) is 6.20 Å². The van der Waals surface area contributed by atoms with Crippen LogP contribution in [0.25, 0.3) is 0 Å². The molecule has 1 aliphatic rings. The summed E-state index contributed by atoms with van der Waals surface area (Å²) in [4.78, 5) is 0. The molecule has 0 spiro atoms. The molecule has 1 aromatic rings. The maximum atomic E-state index is 4.31. The third kappa shape index (κ3) is 1.62. The molecule has 0 unspecified atom stereocenters. The van der Waals surface area contributed by atoms with E-state index in [4.69, 9.17) is 0 Å². The lowest BCUT2D eigenvalue weighted by Gasteiger charge is -2.21. The molecule has 0 amide bonds. The Bertz CT molecular complexity index is 282. The Morgan fingerprint density at radius 2 is 2.00 bits per heavy atom. The first-order chi connectivity index (χ1) is 6.29. The first-order valence-corrected chi connectivity index (χ1v) is 5.27. The van der Waals surface area contributed by atoms with Gasteiger partial charge in [-0.25, -0.2) is 0 Å². The minimum Gasteiger partial charge on any atom is -0.273 e. The zero-order valence-electron chi connectivity index (χ0n) is 8.58. The van der Waals surface area contributed by atoms with Crippen molar-refractivity contribution in [3.05, 3.63) is 17.5 Å². The molecule has 13 heavy (non-hydrogen) atoms. The Labute approximate surface area is 80.0 Å². The van der Waals surface area contributed by atoms with Crippen molar-refractivity contribution >= 4 is 0 Å². The number of aryl methyl sites for hydroxylation is 1. The van der Waals surface area contributed by atoms with E-state index in [0.717, 1.165) is 5.92 Å². The summed E-state index contributed by atoms with van der Waals surface area (Å²) >= 11 is 0. The van der Waals surface area contributed by atoms with Crippen molar-refractivity contribution in [2.24, 2.45) is 7.05 Å². The minimum absolute atomic E-state index is 0.794. The van der Waals surface area contributed by atoms with Gasteiger partial charge in [-0.2, -0.15) is 5.10 Å². The van der Waals surface area contributed by atoms with Crippen LogP contribution in [0.1, 0.15) is 49.3 Å². The molecule has 1 fully saturated rings. The van der Waals surface area contributed by atoms with Gasteiger partial charge in [-0.1, -0.05) is 19.3 Å². The molecule has 72 valence electrons. The molecule has 0 atom stereocenters. The second kappa shape index (κ2) is 3.52. The van der Waals surface area contributed by atoms with Crippen LogP contribution in [0.2, 0.25) is 0 Å². The van der Waals surface area contributed by atoms with Crippen LogP contribution < -0.4 is 0 Å². The van der Waals surface area contributed by atoms with Crippen LogP contribution in [0.4, 0.5) is 0 Å². The minimum atomic E-state index is 0.794. The molecular formula is C11H18N2. The Kier molecular flexibility index (Phi) is 2.38. The van der Waals surface area contributed by atoms with Crippen LogP contribution in [-0.2, 0) is 7.05 Å². The highest BCUT2D eigenvalue weighted by Gasteiger charge is 2.18. The monoisotopic (exact) mass is 178 g/mol. The predicted molar refractivity (Wildman–Crippen MR) is 53.8 cm³/mol. The Morgan fingerprint density at radius 1 is 1.31 bits per heavy atom. The summed E-state index contributed by atoms with van der Waals surface area (Å²) in [6, 6.07) is 0. The molecule has 0 bridgehead atoms. The largest absolute Gasteiger partial charge is 0.273 e. The van der Waals surface area contributed by atoms with Crippen LogP contribution in [-0.4, -0.2) is 9.78 Å². The van der Waals surface area contributed by atoms with Crippen molar-refractivity contribution in [1.29, 1.82) is 0 Å². The first-order valence-electron chi connectivity index (χ1n) is 5.27. The number of hydrogen-bond donors (Lipinski definition) is 0. The van der Waals surface area contributed by atoms with Crippen LogP contribution in [0.5, 0.6) is 0 Å². The topological polar surface area (TPSA) is 17.8 Å². The summed E-state index contributed by atoms with van der Waals surface area (Å²) in [6.45, 7) is 2.18. The van der Waals surface area contributed by atoms with Gasteiger partial charge in [0.1, 0.15) is 0 Å². The van der Waals surface area contributed by atoms with Gasteiger partial charge in [0, 0.05) is 12.7 Å². The van der Waals surface area contributed by atoms with Gasteiger partial charge < -0.3 is 0 Å². The quantitative estimate of drug-likeness (QED) is 0.646. The van der Waals surface area contributed by atoms with E-state index in [0.29, 0.717) is 0 Å². The van der Waals surface area contributed by atoms with Crippen LogP contribution in [0.15, 0.2) is 6.20 Å². The molecule has 2 rings (SSSR count). The zero-order valence-corrected chi connectivity index (χ0v) is 8.58. The van der Waals surface area contributed by atoms with E-state index in [2.05, 4.69) is 18.2 Å². The summed E-state index contributed by atoms with van der Waals surface area (Å²) in [5.74, 6) is 0.794. The fourth-order valence-electron chi connectivity index (χ4n) is 2.33. The fraction of sp³-hybridized carbons (Fsp3) is 0.727. The van der Waals surface area contributed by atoms with Gasteiger partial charge in [0.2, 0.25) is 0 Å². The average molecular weight is 178 g/mol. The summed E-state index contributed by atoms with van der Waals surface area (Å²) in [6.07, 6.45) is 9.03. The number of hydrogen-bond acceptors (Lipinski definition) is 1. The molecule has 2 nitrogen and oxygen atoms in total. The van der Waals surface area contributed by atoms with Crippen LogP contribution in [0, 0.1) is 6.92 Å². The molecular weight excluding hydrogens is 160 g/mol. The third-order valence-corrected chi connectivity index (χ3v) is 3.32. The van der Waals surface area contributed by atoms with Gasteiger partial charge in [0.25, 0.3) is 0 Å². The van der Waals surface area contributed by atoms with E-state index >= 15 is 0 Å². The van der Waals surface area contributed by atoms with Crippen LogP contribution >= 0.6 is 0 Å². The zero-order chi connectivity index (χ0) is 9.26. The van der Waals surface area contributed by atoms with E-state index in [-0.39, 0.29) is 0 Å². The highest BCUT2D eigenvalue weighted by atomic mass is 15.3. The molecule has 0 N–H and O–H groups in total. The summed E-state index contributed by atoms with van der Waals surface area (Å²) in [7, 11) is 2.03. The molecule has 1 aromatic heterocycles. The van der Waals surface area contributed by atoms with E-state index in [9.17, 15) is 0 Å². The standard InChI is InChI=1S/C11H18N2/c1-9-11(8-12-13(9)2)10-6-4-3-5-7-10/h8,10H,3-7H2,1-2H3. The van der Waals surface area contributed by atoms with Gasteiger partial charge in [-0.3, -0.25) is 4.68 Å². The maximum Gasteiger partial charge on any atom is 0.0527 e. The number of nitrogens with zero attached hydrogens (tertiary/aromatic N) is 2. The Morgan fingerprint density at radius 3 is 2.54 bits per heavy atom. The number of rotatable bonds is 1. The normalized spacial score (nSPS) is 19.2. The van der Waals surface area contributed by atoms with Gasteiger partial charge in [0.15, 0.2) is 0 Å². The highest BCUT2D eigenvalue weighted by Crippen LogP contribution is 2.33. The maximum absolute atomic E-state index is 4.31. The van der Waals surface area contributed by atoms with Crippen molar-refractivity contribution in [3.63, 3.8) is 0 Å². The fourth-order valence-corrected chi connectivity index (χ4v) is 2.33. The van der Waals surface area contributed by atoms with Crippen molar-refractivity contribution < 1.29 is 0 Å². The molecule has 0 radical (unpaired) electrons. The van der Waals surface area contributed by atoms with Crippen LogP contribution in [0.3, 0.4) is 0 Å². The molecule has 2 heteroatoms.